The van der Waals surface area contributed by atoms with E-state index in [0.29, 0.717) is 5.92 Å². The van der Waals surface area contributed by atoms with Crippen molar-refractivity contribution in [3.63, 3.8) is 0 Å². The van der Waals surface area contributed by atoms with Gasteiger partial charge in [-0.05, 0) is 89.0 Å². The summed E-state index contributed by atoms with van der Waals surface area (Å²) in [5, 5.41) is 0. The topological polar surface area (TPSA) is 0 Å². The Balaban J connectivity index is 1.08. The third kappa shape index (κ3) is 5.18. The summed E-state index contributed by atoms with van der Waals surface area (Å²) in [6, 6.07) is 16.7. The van der Waals surface area contributed by atoms with Crippen LogP contribution in [0.3, 0.4) is 0 Å². The van der Waals surface area contributed by atoms with E-state index in [-0.39, 0.29) is 0 Å². The fourth-order valence-electron chi connectivity index (χ4n) is 6.92. The molecule has 0 aromatic heterocycles. The maximum absolute atomic E-state index is 2.46. The Morgan fingerprint density at radius 3 is 2.40 bits per heavy atom. The fraction of sp³-hybridized carbons (Fsp3) is 0.429. The summed E-state index contributed by atoms with van der Waals surface area (Å²) < 4.78 is 0. The van der Waals surface area contributed by atoms with Crippen molar-refractivity contribution in [1.29, 1.82) is 0 Å². The summed E-state index contributed by atoms with van der Waals surface area (Å²) in [4.78, 5) is 0. The Bertz CT molecular complexity index is 1160. The number of allylic oxidation sites excluding steroid dienone is 8. The summed E-state index contributed by atoms with van der Waals surface area (Å²) in [7, 11) is 0. The monoisotopic (exact) mass is 460 g/mol. The van der Waals surface area contributed by atoms with Crippen LogP contribution in [0.4, 0.5) is 0 Å². The third-order valence-electron chi connectivity index (χ3n) is 8.99. The van der Waals surface area contributed by atoms with Crippen molar-refractivity contribution in [3.05, 3.63) is 112 Å². The molecule has 1 saturated carbocycles. The maximum atomic E-state index is 2.46. The molecule has 180 valence electrons. The van der Waals surface area contributed by atoms with Crippen molar-refractivity contribution in [3.8, 4) is 0 Å². The van der Waals surface area contributed by atoms with Crippen molar-refractivity contribution in [2.75, 3.05) is 0 Å². The lowest BCUT2D eigenvalue weighted by Crippen LogP contribution is -2.10. The largest absolute Gasteiger partial charge is 0.0726 e. The van der Waals surface area contributed by atoms with Crippen LogP contribution in [0.2, 0.25) is 0 Å². The summed E-state index contributed by atoms with van der Waals surface area (Å²) in [6.45, 7) is 0. The van der Waals surface area contributed by atoms with Gasteiger partial charge in [-0.2, -0.15) is 0 Å². The number of fused-ring (bicyclic) bond motifs is 2. The Morgan fingerprint density at radius 2 is 1.51 bits per heavy atom. The molecule has 0 aliphatic heterocycles. The second-order valence-electron chi connectivity index (χ2n) is 11.4. The van der Waals surface area contributed by atoms with Gasteiger partial charge in [0.25, 0.3) is 0 Å². The van der Waals surface area contributed by atoms with Crippen LogP contribution in [-0.4, -0.2) is 0 Å². The lowest BCUT2D eigenvalue weighted by molar-refractivity contribution is 0.330. The average Bonchev–Trinajstić information content (AvgIpc) is 3.58. The van der Waals surface area contributed by atoms with E-state index in [9.17, 15) is 0 Å². The van der Waals surface area contributed by atoms with Gasteiger partial charge >= 0.3 is 0 Å². The molecule has 1 atom stereocenters. The van der Waals surface area contributed by atoms with Gasteiger partial charge < -0.3 is 0 Å². The van der Waals surface area contributed by atoms with E-state index < -0.39 is 0 Å². The number of hydrogen-bond donors (Lipinski definition) is 0. The molecule has 0 spiro atoms. The molecule has 2 aromatic carbocycles. The predicted octanol–water partition coefficient (Wildman–Crippen LogP) is 9.15. The highest BCUT2D eigenvalue weighted by Gasteiger charge is 2.26. The molecule has 0 bridgehead atoms. The highest BCUT2D eigenvalue weighted by atomic mass is 14.3. The molecular formula is C35H40. The van der Waals surface area contributed by atoms with Crippen LogP contribution in [0.25, 0.3) is 5.57 Å². The van der Waals surface area contributed by atoms with Crippen molar-refractivity contribution in [2.45, 2.75) is 83.5 Å². The van der Waals surface area contributed by atoms with E-state index in [4.69, 9.17) is 0 Å². The molecule has 0 heterocycles. The number of unbranched alkanes of at least 4 members (excludes halogenated alkanes) is 1. The smallest absolute Gasteiger partial charge is 0.0281 e. The molecule has 0 heteroatoms. The van der Waals surface area contributed by atoms with Gasteiger partial charge in [-0.1, -0.05) is 118 Å². The fourth-order valence-corrected chi connectivity index (χ4v) is 6.92. The molecule has 0 saturated heterocycles. The number of benzene rings is 2. The molecule has 0 amide bonds. The predicted molar refractivity (Wildman–Crippen MR) is 150 cm³/mol. The minimum Gasteiger partial charge on any atom is -0.0726 e. The van der Waals surface area contributed by atoms with E-state index in [1.54, 1.807) is 11.1 Å². The molecule has 0 N–H and O–H groups in total. The van der Waals surface area contributed by atoms with Gasteiger partial charge in [-0.3, -0.25) is 0 Å². The van der Waals surface area contributed by atoms with E-state index in [0.717, 1.165) is 12.3 Å². The van der Waals surface area contributed by atoms with Crippen LogP contribution in [0.5, 0.6) is 0 Å². The first-order valence-electron chi connectivity index (χ1n) is 14.3. The Hall–Kier alpha value is -2.60. The van der Waals surface area contributed by atoms with E-state index in [1.165, 1.54) is 110 Å². The molecule has 4 aliphatic carbocycles. The summed E-state index contributed by atoms with van der Waals surface area (Å²) in [5.74, 6) is 1.44. The zero-order valence-electron chi connectivity index (χ0n) is 21.3. The van der Waals surface area contributed by atoms with Gasteiger partial charge in [-0.15, -0.1) is 0 Å². The second kappa shape index (κ2) is 10.6. The van der Waals surface area contributed by atoms with E-state index in [2.05, 4.69) is 72.8 Å². The molecule has 2 aromatic rings. The molecular weight excluding hydrogens is 420 g/mol. The third-order valence-corrected chi connectivity index (χ3v) is 8.99. The van der Waals surface area contributed by atoms with Crippen LogP contribution in [0, 0.1) is 11.8 Å². The molecule has 1 unspecified atom stereocenters. The lowest BCUT2D eigenvalue weighted by Gasteiger charge is -2.25. The van der Waals surface area contributed by atoms with Crippen molar-refractivity contribution >= 4 is 5.57 Å². The number of aryl methyl sites for hydroxylation is 3. The van der Waals surface area contributed by atoms with E-state index in [1.807, 2.05) is 0 Å². The first-order chi connectivity index (χ1) is 17.3. The standard InChI is InChI=1S/C35H40/c1-2-8-26(9-3-1)10-4-5-11-27-16-18-28(19-17-27)24-31-22-23-34(35-15-7-14-33(31)35)32-21-20-29-12-6-13-30(29)25-32/h7,14-23,25-26,35H,1-6,8-13,24H2. The van der Waals surface area contributed by atoms with Crippen LogP contribution in [0.1, 0.15) is 85.6 Å². The van der Waals surface area contributed by atoms with Gasteiger partial charge in [0.1, 0.15) is 0 Å². The van der Waals surface area contributed by atoms with Crippen molar-refractivity contribution in [1.82, 2.24) is 0 Å². The molecule has 6 rings (SSSR count). The molecule has 0 nitrogen and oxygen atoms in total. The van der Waals surface area contributed by atoms with Gasteiger partial charge in [0.15, 0.2) is 0 Å². The Labute approximate surface area is 212 Å². The number of rotatable bonds is 8. The first kappa shape index (κ1) is 22.8. The van der Waals surface area contributed by atoms with Crippen molar-refractivity contribution in [2.24, 2.45) is 11.8 Å². The van der Waals surface area contributed by atoms with Crippen LogP contribution < -0.4 is 0 Å². The van der Waals surface area contributed by atoms with Gasteiger partial charge in [0.2, 0.25) is 0 Å². The average molecular weight is 461 g/mol. The van der Waals surface area contributed by atoms with Gasteiger partial charge in [0, 0.05) is 5.92 Å². The minimum atomic E-state index is 0.415. The molecule has 4 aliphatic rings. The maximum Gasteiger partial charge on any atom is 0.0281 e. The van der Waals surface area contributed by atoms with Crippen molar-refractivity contribution < 1.29 is 0 Å². The molecule has 0 radical (unpaired) electrons. The van der Waals surface area contributed by atoms with Crippen LogP contribution >= 0.6 is 0 Å². The van der Waals surface area contributed by atoms with Gasteiger partial charge in [-0.25, -0.2) is 0 Å². The van der Waals surface area contributed by atoms with E-state index >= 15 is 0 Å². The summed E-state index contributed by atoms with van der Waals surface area (Å²) in [6.07, 6.45) is 29.5. The van der Waals surface area contributed by atoms with Gasteiger partial charge in [0.05, 0.1) is 0 Å². The SMILES string of the molecule is C1=CC2C(=C1)C(Cc1ccc(CCCCC3CCCCC3)cc1)=CC=C2c1ccc2c(c1)CCC2. The summed E-state index contributed by atoms with van der Waals surface area (Å²) >= 11 is 0. The first-order valence-corrected chi connectivity index (χ1v) is 14.3. The lowest BCUT2D eigenvalue weighted by atomic mass is 9.79. The second-order valence-corrected chi connectivity index (χ2v) is 11.4. The molecule has 1 fully saturated rings. The summed E-state index contributed by atoms with van der Waals surface area (Å²) in [5.41, 5.74) is 11.9. The molecule has 35 heavy (non-hydrogen) atoms. The van der Waals surface area contributed by atoms with Crippen LogP contribution in [0.15, 0.2) is 84.0 Å². The normalized spacial score (nSPS) is 21.4. The zero-order valence-corrected chi connectivity index (χ0v) is 21.3. The number of hydrogen-bond acceptors (Lipinski definition) is 0. The minimum absolute atomic E-state index is 0.415. The quantitative estimate of drug-likeness (QED) is 0.344. The van der Waals surface area contributed by atoms with Crippen LogP contribution in [-0.2, 0) is 25.7 Å². The highest BCUT2D eigenvalue weighted by Crippen LogP contribution is 2.42. The highest BCUT2D eigenvalue weighted by molar-refractivity contribution is 5.79. The Morgan fingerprint density at radius 1 is 0.686 bits per heavy atom. The Kier molecular flexibility index (Phi) is 6.90. The zero-order chi connectivity index (χ0) is 23.5.